The van der Waals surface area contributed by atoms with Gasteiger partial charge in [-0.25, -0.2) is 13.1 Å². The Bertz CT molecular complexity index is 277. The highest BCUT2D eigenvalue weighted by molar-refractivity contribution is 7.89. The molecule has 76 valence electrons. The minimum absolute atomic E-state index is 0.0988. The van der Waals surface area contributed by atoms with E-state index < -0.39 is 15.8 Å². The summed E-state index contributed by atoms with van der Waals surface area (Å²) in [5.74, 6) is -0.0186. The van der Waals surface area contributed by atoms with Crippen LogP contribution in [0.2, 0.25) is 0 Å². The Labute approximate surface area is 80.0 Å². The van der Waals surface area contributed by atoms with Crippen molar-refractivity contribution in [1.82, 2.24) is 4.72 Å². The fourth-order valence-corrected chi connectivity index (χ4v) is 2.15. The molecule has 0 aliphatic carbocycles. The van der Waals surface area contributed by atoms with Crippen LogP contribution in [0.1, 0.15) is 27.2 Å². The van der Waals surface area contributed by atoms with Crippen LogP contribution in [0, 0.1) is 17.2 Å². The van der Waals surface area contributed by atoms with E-state index in [2.05, 4.69) is 4.72 Å². The summed E-state index contributed by atoms with van der Waals surface area (Å²) in [5, 5.41) is 8.23. The first-order valence-electron chi connectivity index (χ1n) is 4.24. The molecule has 0 amide bonds. The molecule has 1 unspecified atom stereocenters. The van der Waals surface area contributed by atoms with E-state index in [9.17, 15) is 8.42 Å². The molecule has 0 radical (unpaired) electrons. The van der Waals surface area contributed by atoms with Crippen molar-refractivity contribution in [3.8, 4) is 6.07 Å². The highest BCUT2D eigenvalue weighted by atomic mass is 32.2. The molecule has 5 heteroatoms. The van der Waals surface area contributed by atoms with Crippen LogP contribution in [-0.4, -0.2) is 20.2 Å². The predicted octanol–water partition coefficient (Wildman–Crippen LogP) is 0.864. The molecule has 0 saturated heterocycles. The van der Waals surface area contributed by atoms with Crippen molar-refractivity contribution < 1.29 is 8.42 Å². The van der Waals surface area contributed by atoms with Crippen LogP contribution in [0.5, 0.6) is 0 Å². The van der Waals surface area contributed by atoms with Crippen LogP contribution in [0.3, 0.4) is 0 Å². The molecule has 0 aromatic carbocycles. The molecule has 0 aromatic rings. The van der Waals surface area contributed by atoms with Crippen molar-refractivity contribution in [2.75, 3.05) is 5.75 Å². The maximum Gasteiger partial charge on any atom is 0.225 e. The fraction of sp³-hybridized carbons (Fsp3) is 0.875. The third kappa shape index (κ3) is 6.55. The molecule has 0 rings (SSSR count). The van der Waals surface area contributed by atoms with Crippen LogP contribution in [0.15, 0.2) is 0 Å². The SMILES string of the molecule is CC(C)CC(C)NS(=O)(=O)CC#N. The van der Waals surface area contributed by atoms with Gasteiger partial charge in [-0.2, -0.15) is 5.26 Å². The lowest BCUT2D eigenvalue weighted by atomic mass is 10.1. The number of hydrogen-bond donors (Lipinski definition) is 1. The van der Waals surface area contributed by atoms with Gasteiger partial charge in [0, 0.05) is 6.04 Å². The zero-order chi connectivity index (χ0) is 10.5. The maximum atomic E-state index is 11.1. The van der Waals surface area contributed by atoms with Crippen molar-refractivity contribution in [1.29, 1.82) is 5.26 Å². The quantitative estimate of drug-likeness (QED) is 0.722. The van der Waals surface area contributed by atoms with E-state index in [-0.39, 0.29) is 6.04 Å². The Kier molecular flexibility index (Phi) is 4.96. The third-order valence-electron chi connectivity index (χ3n) is 1.46. The minimum Gasteiger partial charge on any atom is -0.212 e. The number of nitriles is 1. The van der Waals surface area contributed by atoms with Crippen LogP contribution >= 0.6 is 0 Å². The van der Waals surface area contributed by atoms with Crippen LogP contribution < -0.4 is 4.72 Å². The number of hydrogen-bond acceptors (Lipinski definition) is 3. The number of nitrogens with zero attached hydrogens (tertiary/aromatic N) is 1. The Balaban J connectivity index is 4.06. The first-order chi connectivity index (χ1) is 5.87. The van der Waals surface area contributed by atoms with Crippen molar-refractivity contribution >= 4 is 10.0 Å². The van der Waals surface area contributed by atoms with Gasteiger partial charge in [-0.15, -0.1) is 0 Å². The van der Waals surface area contributed by atoms with E-state index in [0.717, 1.165) is 6.42 Å². The number of nitrogens with one attached hydrogen (secondary N) is 1. The monoisotopic (exact) mass is 204 g/mol. The molecular formula is C8H16N2O2S. The molecule has 1 N–H and O–H groups in total. The summed E-state index contributed by atoms with van der Waals surface area (Å²) in [5.41, 5.74) is 0. The van der Waals surface area contributed by atoms with Gasteiger partial charge in [-0.3, -0.25) is 0 Å². The first-order valence-corrected chi connectivity index (χ1v) is 5.89. The Morgan fingerprint density at radius 3 is 2.31 bits per heavy atom. The molecule has 1 atom stereocenters. The van der Waals surface area contributed by atoms with E-state index >= 15 is 0 Å². The van der Waals surface area contributed by atoms with Crippen molar-refractivity contribution in [2.45, 2.75) is 33.2 Å². The average molecular weight is 204 g/mol. The smallest absolute Gasteiger partial charge is 0.212 e. The third-order valence-corrected chi connectivity index (χ3v) is 2.73. The van der Waals surface area contributed by atoms with E-state index in [1.54, 1.807) is 13.0 Å². The number of sulfonamides is 1. The predicted molar refractivity (Wildman–Crippen MR) is 51.5 cm³/mol. The molecule has 0 fully saturated rings. The van der Waals surface area contributed by atoms with Gasteiger partial charge >= 0.3 is 0 Å². The lowest BCUT2D eigenvalue weighted by molar-refractivity contribution is 0.483. The Morgan fingerprint density at radius 1 is 1.38 bits per heavy atom. The van der Waals surface area contributed by atoms with Crippen molar-refractivity contribution in [3.05, 3.63) is 0 Å². The largest absolute Gasteiger partial charge is 0.225 e. The maximum absolute atomic E-state index is 11.1. The minimum atomic E-state index is -3.39. The summed E-state index contributed by atoms with van der Waals surface area (Å²) < 4.78 is 24.6. The van der Waals surface area contributed by atoms with E-state index in [4.69, 9.17) is 5.26 Å². The summed E-state index contributed by atoms with van der Waals surface area (Å²) in [6.45, 7) is 5.85. The summed E-state index contributed by atoms with van der Waals surface area (Å²) in [6, 6.07) is 1.52. The Morgan fingerprint density at radius 2 is 1.92 bits per heavy atom. The van der Waals surface area contributed by atoms with Gasteiger partial charge in [-0.05, 0) is 19.3 Å². The van der Waals surface area contributed by atoms with Gasteiger partial charge in [0.15, 0.2) is 5.75 Å². The highest BCUT2D eigenvalue weighted by Gasteiger charge is 2.14. The van der Waals surface area contributed by atoms with Gasteiger partial charge in [0.2, 0.25) is 10.0 Å². The highest BCUT2D eigenvalue weighted by Crippen LogP contribution is 2.04. The zero-order valence-electron chi connectivity index (χ0n) is 8.24. The Hall–Kier alpha value is -0.600. The van der Waals surface area contributed by atoms with Gasteiger partial charge in [0.05, 0.1) is 6.07 Å². The molecule has 0 aliphatic rings. The summed E-state index contributed by atoms with van der Waals surface area (Å²) in [4.78, 5) is 0. The lowest BCUT2D eigenvalue weighted by Crippen LogP contribution is -2.34. The van der Waals surface area contributed by atoms with Crippen LogP contribution in [-0.2, 0) is 10.0 Å². The first kappa shape index (κ1) is 12.4. The lowest BCUT2D eigenvalue weighted by Gasteiger charge is -2.14. The molecular weight excluding hydrogens is 188 g/mol. The summed E-state index contributed by atoms with van der Waals surface area (Å²) >= 11 is 0. The van der Waals surface area contributed by atoms with Crippen LogP contribution in [0.25, 0.3) is 0 Å². The molecule has 0 heterocycles. The molecule has 13 heavy (non-hydrogen) atoms. The zero-order valence-corrected chi connectivity index (χ0v) is 9.06. The molecule has 0 spiro atoms. The van der Waals surface area contributed by atoms with E-state index in [1.807, 2.05) is 13.8 Å². The number of rotatable bonds is 5. The second-order valence-electron chi connectivity index (χ2n) is 3.57. The fourth-order valence-electron chi connectivity index (χ4n) is 1.19. The van der Waals surface area contributed by atoms with Gasteiger partial charge in [0.1, 0.15) is 0 Å². The van der Waals surface area contributed by atoms with Crippen LogP contribution in [0.4, 0.5) is 0 Å². The van der Waals surface area contributed by atoms with Crippen molar-refractivity contribution in [3.63, 3.8) is 0 Å². The summed E-state index contributed by atoms with van der Waals surface area (Å²) in [6.07, 6.45) is 0.782. The summed E-state index contributed by atoms with van der Waals surface area (Å²) in [7, 11) is -3.39. The molecule has 0 saturated carbocycles. The average Bonchev–Trinajstić information content (AvgIpc) is 1.81. The standard InChI is InChI=1S/C8H16N2O2S/c1-7(2)6-8(3)10-13(11,12)5-4-9/h7-8,10H,5-6H2,1-3H3. The topological polar surface area (TPSA) is 70.0 Å². The second kappa shape index (κ2) is 5.20. The van der Waals surface area contributed by atoms with E-state index in [1.165, 1.54) is 0 Å². The second-order valence-corrected chi connectivity index (χ2v) is 5.32. The van der Waals surface area contributed by atoms with Gasteiger partial charge in [0.25, 0.3) is 0 Å². The van der Waals surface area contributed by atoms with Gasteiger partial charge in [-0.1, -0.05) is 13.8 Å². The normalized spacial score (nSPS) is 14.1. The van der Waals surface area contributed by atoms with Gasteiger partial charge < -0.3 is 0 Å². The molecule has 0 aromatic heterocycles. The van der Waals surface area contributed by atoms with Crippen molar-refractivity contribution in [2.24, 2.45) is 5.92 Å². The molecule has 0 aliphatic heterocycles. The van der Waals surface area contributed by atoms with E-state index in [0.29, 0.717) is 5.92 Å². The molecule has 0 bridgehead atoms. The molecule has 4 nitrogen and oxygen atoms in total.